The summed E-state index contributed by atoms with van der Waals surface area (Å²) in [4.78, 5) is 34.2. The highest BCUT2D eigenvalue weighted by atomic mass is 19.4. The first kappa shape index (κ1) is 35.3. The number of aliphatic hydroxyl groups is 1. The van der Waals surface area contributed by atoms with E-state index in [9.17, 15) is 27.9 Å². The highest BCUT2D eigenvalue weighted by molar-refractivity contribution is 5.99. The Labute approximate surface area is 257 Å². The average Bonchev–Trinajstić information content (AvgIpc) is 2.97. The number of anilines is 1. The summed E-state index contributed by atoms with van der Waals surface area (Å²) in [6, 6.07) is 7.87. The quantitative estimate of drug-likeness (QED) is 0.392. The van der Waals surface area contributed by atoms with E-state index in [1.165, 1.54) is 12.1 Å². The summed E-state index contributed by atoms with van der Waals surface area (Å²) in [6.45, 7) is 7.51. The number of alkyl halides is 3. The number of aliphatic hydroxyl groups excluding tert-OH is 1. The Bertz CT molecular complexity index is 1200. The fraction of sp³-hybridized carbons (Fsp3) is 0.594. The maximum atomic E-state index is 14.1. The van der Waals surface area contributed by atoms with Crippen LogP contribution in [0.25, 0.3) is 0 Å². The number of benzene rings is 1. The van der Waals surface area contributed by atoms with Gasteiger partial charge in [0.05, 0.1) is 36.8 Å². The fourth-order valence-electron chi connectivity index (χ4n) is 5.11. The number of hydrogen-bond donors (Lipinski definition) is 2. The number of nitrogens with zero attached hydrogens (tertiary/aromatic N) is 3. The van der Waals surface area contributed by atoms with E-state index in [0.717, 1.165) is 18.4 Å². The maximum absolute atomic E-state index is 14.1. The van der Waals surface area contributed by atoms with Crippen molar-refractivity contribution in [1.82, 2.24) is 14.8 Å². The molecule has 244 valence electrons. The lowest BCUT2D eigenvalue weighted by molar-refractivity contribution is -0.142. The Morgan fingerprint density at radius 1 is 1.20 bits per heavy atom. The minimum Gasteiger partial charge on any atom is -0.490 e. The zero-order chi connectivity index (χ0) is 32.3. The molecule has 1 aliphatic heterocycles. The third kappa shape index (κ3) is 11.4. The summed E-state index contributed by atoms with van der Waals surface area (Å²) in [5, 5.41) is 12.6. The molecule has 9 nitrogen and oxygen atoms in total. The lowest BCUT2D eigenvalue weighted by atomic mass is 10.0. The summed E-state index contributed by atoms with van der Waals surface area (Å²) in [7, 11) is 2.01. The van der Waals surface area contributed by atoms with Crippen molar-refractivity contribution in [2.24, 2.45) is 5.92 Å². The molecule has 3 rings (SSSR count). The lowest BCUT2D eigenvalue weighted by Gasteiger charge is -2.36. The molecule has 0 bridgehead atoms. The number of fused-ring (bicyclic) bond motifs is 1. The molecule has 0 fully saturated rings. The number of hydrogen-bond acceptors (Lipinski definition) is 7. The van der Waals surface area contributed by atoms with Gasteiger partial charge in [0.2, 0.25) is 5.91 Å². The number of likely N-dealkylation sites (N-methyl/N-ethyl adjacent to an activating group) is 1. The fourth-order valence-corrected chi connectivity index (χ4v) is 5.11. The minimum atomic E-state index is -4.46. The summed E-state index contributed by atoms with van der Waals surface area (Å²) in [5.74, 6) is -1.05. The summed E-state index contributed by atoms with van der Waals surface area (Å²) < 4.78 is 50.5. The lowest BCUT2D eigenvalue weighted by Crippen LogP contribution is -2.47. The van der Waals surface area contributed by atoms with Crippen LogP contribution in [0.5, 0.6) is 5.75 Å². The van der Waals surface area contributed by atoms with Crippen molar-refractivity contribution in [2.45, 2.75) is 83.8 Å². The molecule has 44 heavy (non-hydrogen) atoms. The van der Waals surface area contributed by atoms with Crippen molar-refractivity contribution in [2.75, 3.05) is 38.7 Å². The topological polar surface area (TPSA) is 104 Å². The van der Waals surface area contributed by atoms with Crippen molar-refractivity contribution in [3.8, 4) is 5.75 Å². The molecule has 0 unspecified atom stereocenters. The van der Waals surface area contributed by atoms with Crippen molar-refractivity contribution in [1.29, 1.82) is 0 Å². The first-order valence-electron chi connectivity index (χ1n) is 15.1. The average molecular weight is 623 g/mol. The van der Waals surface area contributed by atoms with Crippen molar-refractivity contribution in [3.05, 3.63) is 53.9 Å². The van der Waals surface area contributed by atoms with E-state index in [4.69, 9.17) is 9.47 Å². The van der Waals surface area contributed by atoms with Crippen LogP contribution < -0.4 is 10.1 Å². The van der Waals surface area contributed by atoms with Gasteiger partial charge in [-0.3, -0.25) is 19.5 Å². The van der Waals surface area contributed by atoms with Gasteiger partial charge in [-0.25, -0.2) is 0 Å². The number of nitrogens with one attached hydrogen (secondary N) is 1. The number of carbonyl (C=O) groups is 2. The highest BCUT2D eigenvalue weighted by Crippen LogP contribution is 2.29. The van der Waals surface area contributed by atoms with Crippen LogP contribution in [0.1, 0.15) is 68.8 Å². The van der Waals surface area contributed by atoms with Gasteiger partial charge < -0.3 is 24.8 Å². The van der Waals surface area contributed by atoms with Gasteiger partial charge >= 0.3 is 6.18 Å². The van der Waals surface area contributed by atoms with E-state index < -0.39 is 36.9 Å². The molecule has 1 aromatic carbocycles. The Kier molecular flexibility index (Phi) is 13.4. The standard InChI is InChI=1S/C32H45F3N4O5/c1-22-18-39(23(2)21-40)31(42)27-17-26(37-30(41)10-13-32(33,34)35)8-9-28(27)44-24(3)7-5-6-16-43-29(22)20-38(4)19-25-11-14-36-15-12-25/h8-9,11-12,14-15,17,22-24,29,40H,5-7,10,13,16,18-21H2,1-4H3,(H,37,41)/t22-,23+,24-,29+/m1/s1. The predicted octanol–water partition coefficient (Wildman–Crippen LogP) is 5.29. The van der Waals surface area contributed by atoms with E-state index in [0.29, 0.717) is 31.9 Å². The van der Waals surface area contributed by atoms with Crippen LogP contribution in [0.2, 0.25) is 0 Å². The van der Waals surface area contributed by atoms with Crippen LogP contribution in [0.4, 0.5) is 18.9 Å². The SMILES string of the molecule is C[C@@H]1CCCCO[C@@H](CN(C)Cc2ccncc2)[C@H](C)CN([C@@H](C)CO)C(=O)c2cc(NC(=O)CCC(F)(F)F)ccc2O1. The van der Waals surface area contributed by atoms with Crippen LogP contribution in [0, 0.1) is 5.92 Å². The van der Waals surface area contributed by atoms with Gasteiger partial charge in [0.15, 0.2) is 0 Å². The van der Waals surface area contributed by atoms with Gasteiger partial charge in [0.25, 0.3) is 5.91 Å². The molecular weight excluding hydrogens is 577 g/mol. The summed E-state index contributed by atoms with van der Waals surface area (Å²) >= 11 is 0. The minimum absolute atomic E-state index is 0.121. The van der Waals surface area contributed by atoms with Gasteiger partial charge in [-0.1, -0.05) is 6.92 Å². The summed E-state index contributed by atoms with van der Waals surface area (Å²) in [6.07, 6.45) is -0.977. The van der Waals surface area contributed by atoms with Crippen LogP contribution in [0.3, 0.4) is 0 Å². The number of amides is 2. The Hall–Kier alpha value is -3.22. The van der Waals surface area contributed by atoms with Crippen molar-refractivity contribution < 1.29 is 37.3 Å². The van der Waals surface area contributed by atoms with Gasteiger partial charge in [-0.15, -0.1) is 0 Å². The second-order valence-corrected chi connectivity index (χ2v) is 11.7. The van der Waals surface area contributed by atoms with Crippen molar-refractivity contribution >= 4 is 17.5 Å². The number of halogens is 3. The van der Waals surface area contributed by atoms with E-state index in [2.05, 4.69) is 15.2 Å². The second kappa shape index (κ2) is 16.7. The first-order valence-corrected chi connectivity index (χ1v) is 15.1. The van der Waals surface area contributed by atoms with Gasteiger partial charge in [0.1, 0.15) is 5.75 Å². The highest BCUT2D eigenvalue weighted by Gasteiger charge is 2.31. The molecular formula is C32H45F3N4O5. The molecule has 0 saturated heterocycles. The van der Waals surface area contributed by atoms with E-state index in [1.807, 2.05) is 33.0 Å². The number of pyridine rings is 1. The van der Waals surface area contributed by atoms with Gasteiger partial charge in [-0.2, -0.15) is 13.2 Å². The molecule has 0 saturated carbocycles. The zero-order valence-electron chi connectivity index (χ0n) is 26.0. The number of ether oxygens (including phenoxy) is 2. The predicted molar refractivity (Wildman–Crippen MR) is 161 cm³/mol. The summed E-state index contributed by atoms with van der Waals surface area (Å²) in [5.41, 5.74) is 1.46. The van der Waals surface area contributed by atoms with Crippen LogP contribution in [-0.2, 0) is 16.1 Å². The Balaban J connectivity index is 1.89. The second-order valence-electron chi connectivity index (χ2n) is 11.7. The Morgan fingerprint density at radius 3 is 2.61 bits per heavy atom. The van der Waals surface area contributed by atoms with Gasteiger partial charge in [0, 0.05) is 56.7 Å². The molecule has 1 aromatic heterocycles. The van der Waals surface area contributed by atoms with E-state index in [-0.39, 0.29) is 42.5 Å². The molecule has 2 aromatic rings. The van der Waals surface area contributed by atoms with Gasteiger partial charge in [-0.05, 0) is 76.1 Å². The number of aromatic nitrogens is 1. The maximum Gasteiger partial charge on any atom is 0.389 e. The first-order chi connectivity index (χ1) is 20.9. The third-order valence-electron chi connectivity index (χ3n) is 7.66. The largest absolute Gasteiger partial charge is 0.490 e. The van der Waals surface area contributed by atoms with Crippen molar-refractivity contribution in [3.63, 3.8) is 0 Å². The van der Waals surface area contributed by atoms with Crippen LogP contribution in [0.15, 0.2) is 42.7 Å². The normalized spacial score (nSPS) is 21.2. The molecule has 0 spiro atoms. The molecule has 1 aliphatic rings. The third-order valence-corrected chi connectivity index (χ3v) is 7.66. The molecule has 2 heterocycles. The van der Waals surface area contributed by atoms with E-state index in [1.54, 1.807) is 30.3 Å². The number of carbonyl (C=O) groups excluding carboxylic acids is 2. The van der Waals surface area contributed by atoms with Crippen LogP contribution in [-0.4, -0.2) is 89.5 Å². The zero-order valence-corrected chi connectivity index (χ0v) is 26.0. The molecule has 2 N–H and O–H groups in total. The number of rotatable bonds is 9. The molecule has 2 amide bonds. The monoisotopic (exact) mass is 622 g/mol. The molecule has 4 atom stereocenters. The Morgan fingerprint density at radius 2 is 1.93 bits per heavy atom. The molecule has 0 radical (unpaired) electrons. The van der Waals surface area contributed by atoms with Crippen LogP contribution >= 0.6 is 0 Å². The molecule has 12 heteroatoms. The molecule has 0 aliphatic carbocycles. The smallest absolute Gasteiger partial charge is 0.389 e. The van der Waals surface area contributed by atoms with E-state index >= 15 is 0 Å².